The van der Waals surface area contributed by atoms with E-state index >= 15 is 0 Å². The van der Waals surface area contributed by atoms with Gasteiger partial charge in [-0.2, -0.15) is 5.10 Å². The van der Waals surface area contributed by atoms with Crippen LogP contribution in [0.15, 0.2) is 12.4 Å². The maximum atomic E-state index is 10.0. The van der Waals surface area contributed by atoms with Crippen LogP contribution in [0.2, 0.25) is 0 Å². The number of unbranched alkanes of at least 4 members (excludes halogenated alkanes) is 4. The van der Waals surface area contributed by atoms with Crippen molar-refractivity contribution in [2.45, 2.75) is 71.4 Å². The molecule has 1 atom stereocenters. The molecule has 1 heterocycles. The van der Waals surface area contributed by atoms with Crippen molar-refractivity contribution < 1.29 is 5.11 Å². The lowest BCUT2D eigenvalue weighted by Crippen LogP contribution is -2.00. The van der Waals surface area contributed by atoms with E-state index in [1.165, 1.54) is 25.7 Å². The number of nitrogens with zero attached hydrogens (tertiary/aromatic N) is 2. The van der Waals surface area contributed by atoms with Crippen LogP contribution in [0.25, 0.3) is 0 Å². The summed E-state index contributed by atoms with van der Waals surface area (Å²) in [5.41, 5.74) is 0.953. The van der Waals surface area contributed by atoms with Crippen LogP contribution in [0.5, 0.6) is 0 Å². The molecular weight excluding hydrogens is 212 g/mol. The van der Waals surface area contributed by atoms with Gasteiger partial charge in [0.05, 0.1) is 12.3 Å². The van der Waals surface area contributed by atoms with Crippen molar-refractivity contribution in [1.82, 2.24) is 9.78 Å². The zero-order chi connectivity index (χ0) is 12.7. The van der Waals surface area contributed by atoms with Gasteiger partial charge in [0.2, 0.25) is 0 Å². The summed E-state index contributed by atoms with van der Waals surface area (Å²) in [6.45, 7) is 6.40. The Morgan fingerprint density at radius 2 is 1.94 bits per heavy atom. The highest BCUT2D eigenvalue weighted by Crippen LogP contribution is 2.20. The van der Waals surface area contributed by atoms with Crippen molar-refractivity contribution >= 4 is 0 Å². The molecule has 1 aromatic heterocycles. The Morgan fingerprint density at radius 1 is 1.24 bits per heavy atom. The first kappa shape index (κ1) is 14.2. The van der Waals surface area contributed by atoms with E-state index in [4.69, 9.17) is 0 Å². The minimum Gasteiger partial charge on any atom is -0.388 e. The molecule has 3 heteroatoms. The molecule has 0 radical (unpaired) electrons. The predicted molar refractivity (Wildman–Crippen MR) is 70.9 cm³/mol. The summed E-state index contributed by atoms with van der Waals surface area (Å²) >= 11 is 0. The van der Waals surface area contributed by atoms with Crippen LogP contribution in [-0.2, 0) is 0 Å². The second-order valence-electron chi connectivity index (χ2n) is 5.07. The van der Waals surface area contributed by atoms with Gasteiger partial charge in [0.1, 0.15) is 0 Å². The molecule has 1 N–H and O–H groups in total. The number of aliphatic hydroxyl groups is 1. The molecule has 98 valence electrons. The molecule has 0 amide bonds. The summed E-state index contributed by atoms with van der Waals surface area (Å²) < 4.78 is 1.90. The lowest BCUT2D eigenvalue weighted by Gasteiger charge is -2.08. The van der Waals surface area contributed by atoms with Gasteiger partial charge in [0.25, 0.3) is 0 Å². The molecule has 1 rings (SSSR count). The Labute approximate surface area is 105 Å². The first-order valence-corrected chi connectivity index (χ1v) is 6.87. The van der Waals surface area contributed by atoms with E-state index in [9.17, 15) is 5.11 Å². The summed E-state index contributed by atoms with van der Waals surface area (Å²) in [5, 5.41) is 14.3. The van der Waals surface area contributed by atoms with Crippen molar-refractivity contribution in [2.75, 3.05) is 0 Å². The normalized spacial score (nSPS) is 13.2. The molecule has 0 saturated heterocycles. The van der Waals surface area contributed by atoms with Crippen LogP contribution in [0.4, 0.5) is 0 Å². The highest BCUT2D eigenvalue weighted by atomic mass is 16.3. The van der Waals surface area contributed by atoms with Crippen LogP contribution in [-0.4, -0.2) is 14.9 Å². The van der Waals surface area contributed by atoms with Crippen LogP contribution >= 0.6 is 0 Å². The first-order chi connectivity index (χ1) is 8.15. The summed E-state index contributed by atoms with van der Waals surface area (Å²) in [6.07, 6.45) is 10.5. The summed E-state index contributed by atoms with van der Waals surface area (Å²) in [4.78, 5) is 0. The van der Waals surface area contributed by atoms with Gasteiger partial charge in [-0.25, -0.2) is 0 Å². The molecule has 0 bridgehead atoms. The Morgan fingerprint density at radius 3 is 2.53 bits per heavy atom. The summed E-state index contributed by atoms with van der Waals surface area (Å²) in [6, 6.07) is 0.362. The van der Waals surface area contributed by atoms with Crippen molar-refractivity contribution in [2.24, 2.45) is 0 Å². The topological polar surface area (TPSA) is 38.1 Å². The molecule has 1 unspecified atom stereocenters. The fraction of sp³-hybridized carbons (Fsp3) is 0.786. The maximum absolute atomic E-state index is 10.0. The van der Waals surface area contributed by atoms with E-state index in [-0.39, 0.29) is 6.10 Å². The van der Waals surface area contributed by atoms with Gasteiger partial charge in [-0.05, 0) is 20.3 Å². The molecule has 0 aliphatic heterocycles. The van der Waals surface area contributed by atoms with Gasteiger partial charge in [-0.15, -0.1) is 0 Å². The molecule has 0 aromatic carbocycles. The van der Waals surface area contributed by atoms with E-state index in [0.29, 0.717) is 6.04 Å². The molecule has 0 fully saturated rings. The standard InChI is InChI=1S/C14H26N2O/c1-4-5-6-7-8-9-14(17)13-10-15-16(11-13)12(2)3/h10-12,14,17H,4-9H2,1-3H3. The minimum atomic E-state index is -0.343. The van der Waals surface area contributed by atoms with Gasteiger partial charge < -0.3 is 5.11 Å². The molecular formula is C14H26N2O. The average molecular weight is 238 g/mol. The van der Waals surface area contributed by atoms with Crippen LogP contribution in [0.3, 0.4) is 0 Å². The third-order valence-electron chi connectivity index (χ3n) is 3.12. The van der Waals surface area contributed by atoms with E-state index < -0.39 is 0 Å². The minimum absolute atomic E-state index is 0.343. The monoisotopic (exact) mass is 238 g/mol. The first-order valence-electron chi connectivity index (χ1n) is 6.87. The average Bonchev–Trinajstić information content (AvgIpc) is 2.78. The smallest absolute Gasteiger partial charge is 0.0820 e. The van der Waals surface area contributed by atoms with E-state index in [0.717, 1.165) is 18.4 Å². The fourth-order valence-corrected chi connectivity index (χ4v) is 1.92. The Bertz CT molecular complexity index is 307. The van der Waals surface area contributed by atoms with Gasteiger partial charge in [-0.1, -0.05) is 39.0 Å². The number of aromatic nitrogens is 2. The Kier molecular flexibility index (Phi) is 6.27. The summed E-state index contributed by atoms with van der Waals surface area (Å²) in [7, 11) is 0. The highest BCUT2D eigenvalue weighted by molar-refractivity contribution is 5.08. The fourth-order valence-electron chi connectivity index (χ4n) is 1.92. The number of hydrogen-bond donors (Lipinski definition) is 1. The molecule has 0 aliphatic rings. The van der Waals surface area contributed by atoms with Gasteiger partial charge in [-0.3, -0.25) is 4.68 Å². The Balaban J connectivity index is 2.28. The molecule has 1 aromatic rings. The van der Waals surface area contributed by atoms with Gasteiger partial charge >= 0.3 is 0 Å². The zero-order valence-corrected chi connectivity index (χ0v) is 11.4. The number of rotatable bonds is 8. The second-order valence-corrected chi connectivity index (χ2v) is 5.07. The largest absolute Gasteiger partial charge is 0.388 e. The number of hydrogen-bond acceptors (Lipinski definition) is 2. The van der Waals surface area contributed by atoms with Crippen molar-refractivity contribution in [3.05, 3.63) is 18.0 Å². The van der Waals surface area contributed by atoms with Crippen LogP contribution in [0, 0.1) is 0 Å². The van der Waals surface area contributed by atoms with Gasteiger partial charge in [0, 0.05) is 17.8 Å². The highest BCUT2D eigenvalue weighted by Gasteiger charge is 2.10. The van der Waals surface area contributed by atoms with Crippen LogP contribution < -0.4 is 0 Å². The number of aliphatic hydroxyl groups excluding tert-OH is 1. The van der Waals surface area contributed by atoms with Gasteiger partial charge in [0.15, 0.2) is 0 Å². The lowest BCUT2D eigenvalue weighted by molar-refractivity contribution is 0.163. The molecule has 0 aliphatic carbocycles. The summed E-state index contributed by atoms with van der Waals surface area (Å²) in [5.74, 6) is 0. The molecule has 3 nitrogen and oxygen atoms in total. The maximum Gasteiger partial charge on any atom is 0.0820 e. The quantitative estimate of drug-likeness (QED) is 0.698. The Hall–Kier alpha value is -0.830. The third-order valence-corrected chi connectivity index (χ3v) is 3.12. The lowest BCUT2D eigenvalue weighted by atomic mass is 10.0. The van der Waals surface area contributed by atoms with E-state index in [1.54, 1.807) is 6.20 Å². The van der Waals surface area contributed by atoms with E-state index in [1.807, 2.05) is 10.9 Å². The molecule has 0 spiro atoms. The SMILES string of the molecule is CCCCCCCC(O)c1cnn(C(C)C)c1. The third kappa shape index (κ3) is 4.90. The van der Waals surface area contributed by atoms with Crippen molar-refractivity contribution in [3.63, 3.8) is 0 Å². The van der Waals surface area contributed by atoms with E-state index in [2.05, 4.69) is 25.9 Å². The van der Waals surface area contributed by atoms with Crippen LogP contribution in [0.1, 0.15) is 77.0 Å². The predicted octanol–water partition coefficient (Wildman–Crippen LogP) is 3.86. The zero-order valence-electron chi connectivity index (χ0n) is 11.4. The molecule has 0 saturated carbocycles. The molecule has 17 heavy (non-hydrogen) atoms. The second kappa shape index (κ2) is 7.49. The van der Waals surface area contributed by atoms with Crippen molar-refractivity contribution in [3.8, 4) is 0 Å². The van der Waals surface area contributed by atoms with Crippen molar-refractivity contribution in [1.29, 1.82) is 0 Å².